The lowest BCUT2D eigenvalue weighted by Gasteiger charge is -2.33. The lowest BCUT2D eigenvalue weighted by atomic mass is 9.82. The molecule has 1 heterocycles. The number of fused-ring (bicyclic) bond motifs is 1. The first-order chi connectivity index (χ1) is 9.19. The number of carbonyl (C=O) groups is 1. The highest BCUT2D eigenvalue weighted by molar-refractivity contribution is 6.02. The zero-order valence-electron chi connectivity index (χ0n) is 11.9. The number of Topliss-reactive ketones (excluding diaryl/α,β-unsaturated/α-hetero) is 1. The molecule has 19 heavy (non-hydrogen) atoms. The van der Waals surface area contributed by atoms with E-state index in [9.17, 15) is 4.79 Å². The molecule has 1 saturated heterocycles. The van der Waals surface area contributed by atoms with Gasteiger partial charge in [-0.3, -0.25) is 4.79 Å². The molecule has 1 N–H and O–H groups in total. The van der Waals surface area contributed by atoms with Crippen LogP contribution in [0.2, 0.25) is 0 Å². The van der Waals surface area contributed by atoms with E-state index in [-0.39, 0.29) is 5.92 Å². The van der Waals surface area contributed by atoms with Crippen LogP contribution in [0.5, 0.6) is 0 Å². The largest absolute Gasteiger partial charge is 0.313 e. The minimum absolute atomic E-state index is 0.172. The van der Waals surface area contributed by atoms with Gasteiger partial charge in [-0.2, -0.15) is 0 Å². The van der Waals surface area contributed by atoms with E-state index in [1.54, 1.807) is 0 Å². The molecule has 3 atom stereocenters. The van der Waals surface area contributed by atoms with Gasteiger partial charge in [0, 0.05) is 17.5 Å². The van der Waals surface area contributed by atoms with Gasteiger partial charge in [-0.25, -0.2) is 0 Å². The number of benzene rings is 1. The number of nitrogens with one attached hydrogen (secondary N) is 1. The zero-order chi connectivity index (χ0) is 13.4. The number of aryl methyl sites for hydroxylation is 1. The molecular weight excluding hydrogens is 234 g/mol. The monoisotopic (exact) mass is 257 g/mol. The zero-order valence-corrected chi connectivity index (χ0v) is 11.9. The molecular formula is C17H23NO. The van der Waals surface area contributed by atoms with Crippen molar-refractivity contribution in [2.75, 3.05) is 6.54 Å². The van der Waals surface area contributed by atoms with E-state index >= 15 is 0 Å². The fraction of sp³-hybridized carbons (Fsp3) is 0.588. The van der Waals surface area contributed by atoms with Crippen LogP contribution in [0, 0.1) is 18.8 Å². The lowest BCUT2D eigenvalue weighted by Crippen LogP contribution is -2.45. The highest BCUT2D eigenvalue weighted by Crippen LogP contribution is 2.33. The van der Waals surface area contributed by atoms with Gasteiger partial charge in [0.05, 0.1) is 0 Å². The number of ketones is 1. The highest BCUT2D eigenvalue weighted by Gasteiger charge is 2.37. The predicted octanol–water partition coefficient (Wildman–Crippen LogP) is 3.13. The maximum absolute atomic E-state index is 12.6. The van der Waals surface area contributed by atoms with Gasteiger partial charge < -0.3 is 5.32 Å². The van der Waals surface area contributed by atoms with Crippen molar-refractivity contribution in [3.8, 4) is 0 Å². The topological polar surface area (TPSA) is 29.1 Å². The smallest absolute Gasteiger partial charge is 0.168 e. The van der Waals surface area contributed by atoms with Gasteiger partial charge in [0.2, 0.25) is 0 Å². The molecule has 1 aromatic rings. The van der Waals surface area contributed by atoms with Crippen molar-refractivity contribution in [2.24, 2.45) is 11.8 Å². The second-order valence-electron chi connectivity index (χ2n) is 6.19. The average molecular weight is 257 g/mol. The van der Waals surface area contributed by atoms with Crippen LogP contribution in [0.25, 0.3) is 0 Å². The Balaban J connectivity index is 1.79. The van der Waals surface area contributed by atoms with Crippen LogP contribution in [0.15, 0.2) is 18.2 Å². The number of hydrogen-bond acceptors (Lipinski definition) is 2. The van der Waals surface area contributed by atoms with Crippen LogP contribution in [0.3, 0.4) is 0 Å². The summed E-state index contributed by atoms with van der Waals surface area (Å²) in [5.41, 5.74) is 3.42. The average Bonchev–Trinajstić information content (AvgIpc) is 2.76. The van der Waals surface area contributed by atoms with Crippen molar-refractivity contribution < 1.29 is 4.79 Å². The summed E-state index contributed by atoms with van der Waals surface area (Å²) in [6.45, 7) is 5.40. The minimum Gasteiger partial charge on any atom is -0.313 e. The van der Waals surface area contributed by atoms with Gasteiger partial charge in [-0.1, -0.05) is 31.0 Å². The van der Waals surface area contributed by atoms with Crippen LogP contribution in [-0.4, -0.2) is 18.4 Å². The lowest BCUT2D eigenvalue weighted by molar-refractivity contribution is 0.0884. The van der Waals surface area contributed by atoms with Crippen molar-refractivity contribution >= 4 is 5.78 Å². The van der Waals surface area contributed by atoms with E-state index in [2.05, 4.69) is 37.4 Å². The van der Waals surface area contributed by atoms with Crippen LogP contribution in [0.1, 0.15) is 47.7 Å². The molecule has 2 aliphatic rings. The molecule has 2 heteroatoms. The molecule has 1 aromatic carbocycles. The standard InChI is InChI=1S/C17H23NO/c1-3-12-6-7-18-16(9-12)15-10-13-5-4-11(2)8-14(13)17(15)19/h4-5,8,12,15-16,18H,3,6-7,9-10H2,1-2H3. The molecule has 0 amide bonds. The number of carbonyl (C=O) groups excluding carboxylic acids is 1. The Kier molecular flexibility index (Phi) is 3.44. The summed E-state index contributed by atoms with van der Waals surface area (Å²) >= 11 is 0. The highest BCUT2D eigenvalue weighted by atomic mass is 16.1. The SMILES string of the molecule is CCC1CCNC(C2Cc3ccc(C)cc3C2=O)C1. The van der Waals surface area contributed by atoms with Crippen molar-refractivity contribution in [2.45, 2.75) is 45.6 Å². The molecule has 0 spiro atoms. The van der Waals surface area contributed by atoms with Gasteiger partial charge in [0.25, 0.3) is 0 Å². The second kappa shape index (κ2) is 5.09. The molecule has 3 rings (SSSR count). The number of rotatable bonds is 2. The Morgan fingerprint density at radius 3 is 3.00 bits per heavy atom. The van der Waals surface area contributed by atoms with Crippen LogP contribution >= 0.6 is 0 Å². The second-order valence-corrected chi connectivity index (χ2v) is 6.19. The Morgan fingerprint density at radius 2 is 2.21 bits per heavy atom. The summed E-state index contributed by atoms with van der Waals surface area (Å²) in [7, 11) is 0. The first-order valence-corrected chi connectivity index (χ1v) is 7.56. The normalized spacial score (nSPS) is 30.4. The third kappa shape index (κ3) is 2.34. The number of piperidine rings is 1. The number of hydrogen-bond donors (Lipinski definition) is 1. The summed E-state index contributed by atoms with van der Waals surface area (Å²) in [5, 5.41) is 3.58. The van der Waals surface area contributed by atoms with Crippen molar-refractivity contribution in [3.63, 3.8) is 0 Å². The molecule has 1 aliphatic carbocycles. The van der Waals surface area contributed by atoms with E-state index in [1.807, 2.05) is 0 Å². The first kappa shape index (κ1) is 12.9. The molecule has 0 bridgehead atoms. The van der Waals surface area contributed by atoms with Crippen molar-refractivity contribution in [1.82, 2.24) is 5.32 Å². The molecule has 2 nitrogen and oxygen atoms in total. The Morgan fingerprint density at radius 1 is 1.37 bits per heavy atom. The van der Waals surface area contributed by atoms with Gasteiger partial charge >= 0.3 is 0 Å². The predicted molar refractivity (Wildman–Crippen MR) is 77.5 cm³/mol. The summed E-state index contributed by atoms with van der Waals surface area (Å²) in [6.07, 6.45) is 4.60. The van der Waals surface area contributed by atoms with Crippen LogP contribution in [0.4, 0.5) is 0 Å². The van der Waals surface area contributed by atoms with Crippen molar-refractivity contribution in [3.05, 3.63) is 34.9 Å². The molecule has 102 valence electrons. The van der Waals surface area contributed by atoms with Gasteiger partial charge in [0.1, 0.15) is 0 Å². The Bertz CT molecular complexity index is 494. The molecule has 0 radical (unpaired) electrons. The van der Waals surface area contributed by atoms with Gasteiger partial charge in [0.15, 0.2) is 5.78 Å². The fourth-order valence-electron chi connectivity index (χ4n) is 3.66. The van der Waals surface area contributed by atoms with Gasteiger partial charge in [-0.05, 0) is 50.3 Å². The van der Waals surface area contributed by atoms with E-state index < -0.39 is 0 Å². The van der Waals surface area contributed by atoms with E-state index in [0.717, 1.165) is 24.4 Å². The fourth-order valence-corrected chi connectivity index (χ4v) is 3.66. The summed E-state index contributed by atoms with van der Waals surface area (Å²) in [6, 6.07) is 6.72. The molecule has 3 unspecified atom stereocenters. The molecule has 1 aliphatic heterocycles. The minimum atomic E-state index is 0.172. The molecule has 0 saturated carbocycles. The van der Waals surface area contributed by atoms with E-state index in [4.69, 9.17) is 0 Å². The Hall–Kier alpha value is -1.15. The quantitative estimate of drug-likeness (QED) is 0.882. The molecule has 1 fully saturated rings. The summed E-state index contributed by atoms with van der Waals surface area (Å²) < 4.78 is 0. The summed E-state index contributed by atoms with van der Waals surface area (Å²) in [4.78, 5) is 12.6. The van der Waals surface area contributed by atoms with E-state index in [1.165, 1.54) is 30.4 Å². The molecule has 0 aromatic heterocycles. The van der Waals surface area contributed by atoms with Gasteiger partial charge in [-0.15, -0.1) is 0 Å². The maximum Gasteiger partial charge on any atom is 0.168 e. The third-order valence-corrected chi connectivity index (χ3v) is 4.92. The third-order valence-electron chi connectivity index (χ3n) is 4.92. The first-order valence-electron chi connectivity index (χ1n) is 7.56. The maximum atomic E-state index is 12.6. The van der Waals surface area contributed by atoms with Crippen molar-refractivity contribution in [1.29, 1.82) is 0 Å². The van der Waals surface area contributed by atoms with Crippen LogP contribution in [-0.2, 0) is 6.42 Å². The van der Waals surface area contributed by atoms with Crippen LogP contribution < -0.4 is 5.32 Å². The summed E-state index contributed by atoms with van der Waals surface area (Å²) in [5.74, 6) is 1.34. The van der Waals surface area contributed by atoms with E-state index in [0.29, 0.717) is 11.8 Å². The Labute approximate surface area is 115 Å².